The smallest absolute Gasteiger partial charge is 0.236 e. The number of nitrogens with zero attached hydrogens (tertiary/aromatic N) is 3. The van der Waals surface area contributed by atoms with Crippen LogP contribution in [0.25, 0.3) is 0 Å². The largest absolute Gasteiger partial charge is 0.339 e. The molecule has 1 aliphatic rings. The lowest BCUT2D eigenvalue weighted by Crippen LogP contribution is -2.57. The van der Waals surface area contributed by atoms with Crippen molar-refractivity contribution >= 4 is 5.91 Å². The fraction of sp³-hybridized carbons (Fsp3) is 0.933. The Morgan fingerprint density at radius 2 is 1.70 bits per heavy atom. The van der Waals surface area contributed by atoms with Crippen molar-refractivity contribution in [3.63, 3.8) is 0 Å². The van der Waals surface area contributed by atoms with Crippen LogP contribution >= 0.6 is 0 Å². The summed E-state index contributed by atoms with van der Waals surface area (Å²) >= 11 is 0. The average Bonchev–Trinajstić information content (AvgIpc) is 2.48. The second-order valence-electron chi connectivity index (χ2n) is 5.83. The van der Waals surface area contributed by atoms with Gasteiger partial charge in [0.05, 0.1) is 6.54 Å². The fourth-order valence-corrected chi connectivity index (χ4v) is 3.05. The number of nitrogens with two attached hydrogens (primary N) is 1. The van der Waals surface area contributed by atoms with Crippen LogP contribution < -0.4 is 5.73 Å². The summed E-state index contributed by atoms with van der Waals surface area (Å²) in [6.07, 6.45) is 1.98. The zero-order chi connectivity index (χ0) is 15.2. The van der Waals surface area contributed by atoms with Gasteiger partial charge in [-0.2, -0.15) is 0 Å². The molecule has 0 saturated carbocycles. The van der Waals surface area contributed by atoms with E-state index in [9.17, 15) is 4.79 Å². The first-order valence-corrected chi connectivity index (χ1v) is 7.94. The molecule has 2 N–H and O–H groups in total. The van der Waals surface area contributed by atoms with Crippen LogP contribution in [-0.2, 0) is 4.79 Å². The zero-order valence-corrected chi connectivity index (χ0v) is 13.7. The van der Waals surface area contributed by atoms with Crippen molar-refractivity contribution in [2.24, 2.45) is 5.73 Å². The van der Waals surface area contributed by atoms with E-state index in [2.05, 4.69) is 37.6 Å². The number of hydrogen-bond acceptors (Lipinski definition) is 4. The lowest BCUT2D eigenvalue weighted by atomic mass is 9.90. The van der Waals surface area contributed by atoms with Gasteiger partial charge in [0.25, 0.3) is 0 Å². The summed E-state index contributed by atoms with van der Waals surface area (Å²) in [6.45, 7) is 12.1. The number of carbonyl (C=O) groups excluding carboxylic acids is 1. The van der Waals surface area contributed by atoms with E-state index >= 15 is 0 Å². The van der Waals surface area contributed by atoms with Gasteiger partial charge >= 0.3 is 0 Å². The van der Waals surface area contributed by atoms with Gasteiger partial charge in [-0.1, -0.05) is 20.8 Å². The van der Waals surface area contributed by atoms with Gasteiger partial charge in [-0.05, 0) is 26.4 Å². The Balaban J connectivity index is 2.65. The van der Waals surface area contributed by atoms with Gasteiger partial charge in [-0.15, -0.1) is 0 Å². The number of hydrogen-bond donors (Lipinski definition) is 1. The van der Waals surface area contributed by atoms with Gasteiger partial charge in [0.15, 0.2) is 0 Å². The second kappa shape index (κ2) is 7.96. The van der Waals surface area contributed by atoms with Crippen molar-refractivity contribution in [3.8, 4) is 0 Å². The van der Waals surface area contributed by atoms with Gasteiger partial charge in [-0.25, -0.2) is 0 Å². The maximum absolute atomic E-state index is 12.5. The number of rotatable bonds is 7. The van der Waals surface area contributed by atoms with E-state index in [0.717, 1.165) is 45.6 Å². The topological polar surface area (TPSA) is 52.8 Å². The van der Waals surface area contributed by atoms with Crippen LogP contribution in [0, 0.1) is 0 Å². The number of amides is 1. The van der Waals surface area contributed by atoms with Crippen molar-refractivity contribution in [2.75, 3.05) is 52.9 Å². The third-order valence-electron chi connectivity index (χ3n) is 4.93. The summed E-state index contributed by atoms with van der Waals surface area (Å²) in [4.78, 5) is 19.0. The Morgan fingerprint density at radius 1 is 1.15 bits per heavy atom. The van der Waals surface area contributed by atoms with Crippen molar-refractivity contribution in [1.29, 1.82) is 0 Å². The molecule has 0 bridgehead atoms. The molecule has 1 aliphatic heterocycles. The Hall–Kier alpha value is -0.650. The zero-order valence-electron chi connectivity index (χ0n) is 13.7. The molecule has 1 saturated heterocycles. The van der Waals surface area contributed by atoms with Crippen molar-refractivity contribution in [3.05, 3.63) is 0 Å². The fourth-order valence-electron chi connectivity index (χ4n) is 3.05. The molecular weight excluding hydrogens is 252 g/mol. The number of piperazine rings is 1. The molecule has 1 fully saturated rings. The first-order valence-electron chi connectivity index (χ1n) is 7.94. The molecule has 20 heavy (non-hydrogen) atoms. The molecule has 0 aromatic heterocycles. The van der Waals surface area contributed by atoms with E-state index in [1.165, 1.54) is 0 Å². The minimum atomic E-state index is -0.0308. The van der Waals surface area contributed by atoms with Gasteiger partial charge in [-0.3, -0.25) is 9.69 Å². The van der Waals surface area contributed by atoms with Gasteiger partial charge in [0.2, 0.25) is 5.91 Å². The van der Waals surface area contributed by atoms with E-state index in [4.69, 9.17) is 5.73 Å². The number of likely N-dealkylation sites (N-methyl/N-ethyl adjacent to an activating group) is 2. The van der Waals surface area contributed by atoms with Crippen LogP contribution in [0.4, 0.5) is 0 Å². The predicted molar refractivity (Wildman–Crippen MR) is 83.7 cm³/mol. The lowest BCUT2D eigenvalue weighted by molar-refractivity contribution is -0.135. The summed E-state index contributed by atoms with van der Waals surface area (Å²) in [6, 6.07) is 0. The average molecular weight is 284 g/mol. The Morgan fingerprint density at radius 3 is 2.10 bits per heavy atom. The Kier molecular flexibility index (Phi) is 6.92. The van der Waals surface area contributed by atoms with Crippen molar-refractivity contribution < 1.29 is 4.79 Å². The maximum atomic E-state index is 12.5. The van der Waals surface area contributed by atoms with Crippen LogP contribution in [0.1, 0.15) is 33.6 Å². The number of carbonyl (C=O) groups is 1. The van der Waals surface area contributed by atoms with Crippen LogP contribution in [0.2, 0.25) is 0 Å². The minimum Gasteiger partial charge on any atom is -0.339 e. The summed E-state index contributed by atoms with van der Waals surface area (Å²) in [5, 5.41) is 0. The molecule has 0 aromatic carbocycles. The van der Waals surface area contributed by atoms with Crippen LogP contribution in [0.15, 0.2) is 0 Å². The van der Waals surface area contributed by atoms with E-state index in [1.54, 1.807) is 0 Å². The standard InChI is InChI=1S/C15H32N4O/c1-5-15(6-2,13-16)19(7-3)12-14(20)18-10-8-17(4)9-11-18/h5-13,16H2,1-4H3. The maximum Gasteiger partial charge on any atom is 0.236 e. The molecule has 0 atom stereocenters. The van der Waals surface area contributed by atoms with E-state index in [0.29, 0.717) is 13.1 Å². The van der Waals surface area contributed by atoms with E-state index in [1.807, 2.05) is 4.90 Å². The molecule has 5 heteroatoms. The normalized spacial score (nSPS) is 17.8. The van der Waals surface area contributed by atoms with E-state index < -0.39 is 0 Å². The lowest BCUT2D eigenvalue weighted by Gasteiger charge is -2.43. The van der Waals surface area contributed by atoms with Crippen LogP contribution in [0.5, 0.6) is 0 Å². The molecular formula is C15H32N4O. The van der Waals surface area contributed by atoms with Crippen molar-refractivity contribution in [1.82, 2.24) is 14.7 Å². The molecule has 0 radical (unpaired) electrons. The summed E-state index contributed by atoms with van der Waals surface area (Å²) in [7, 11) is 2.10. The predicted octanol–water partition coefficient (Wildman–Crippen LogP) is 0.600. The highest BCUT2D eigenvalue weighted by Gasteiger charge is 2.33. The highest BCUT2D eigenvalue weighted by molar-refractivity contribution is 5.78. The minimum absolute atomic E-state index is 0.0308. The van der Waals surface area contributed by atoms with E-state index in [-0.39, 0.29) is 11.4 Å². The van der Waals surface area contributed by atoms with Gasteiger partial charge < -0.3 is 15.5 Å². The summed E-state index contributed by atoms with van der Waals surface area (Å²) < 4.78 is 0. The monoisotopic (exact) mass is 284 g/mol. The molecule has 118 valence electrons. The van der Waals surface area contributed by atoms with Gasteiger partial charge in [0, 0.05) is 38.3 Å². The summed E-state index contributed by atoms with van der Waals surface area (Å²) in [5.41, 5.74) is 5.97. The van der Waals surface area contributed by atoms with Crippen LogP contribution in [0.3, 0.4) is 0 Å². The summed E-state index contributed by atoms with van der Waals surface area (Å²) in [5.74, 6) is 0.250. The first kappa shape index (κ1) is 17.4. The molecule has 0 aliphatic carbocycles. The Labute approximate surface area is 124 Å². The molecule has 0 aromatic rings. The second-order valence-corrected chi connectivity index (χ2v) is 5.83. The quantitative estimate of drug-likeness (QED) is 0.744. The highest BCUT2D eigenvalue weighted by atomic mass is 16.2. The van der Waals surface area contributed by atoms with Crippen molar-refractivity contribution in [2.45, 2.75) is 39.2 Å². The third-order valence-corrected chi connectivity index (χ3v) is 4.93. The molecule has 1 heterocycles. The SMILES string of the molecule is CCN(CC(=O)N1CCN(C)CC1)C(CC)(CC)CN. The van der Waals surface area contributed by atoms with Gasteiger partial charge in [0.1, 0.15) is 0 Å². The third kappa shape index (κ3) is 3.93. The molecule has 0 unspecified atom stereocenters. The molecule has 0 spiro atoms. The Bertz CT molecular complexity index is 288. The first-order chi connectivity index (χ1) is 9.52. The van der Waals surface area contributed by atoms with Crippen LogP contribution in [-0.4, -0.2) is 79.0 Å². The highest BCUT2D eigenvalue weighted by Crippen LogP contribution is 2.22. The molecule has 1 rings (SSSR count). The molecule has 5 nitrogen and oxygen atoms in total. The molecule has 1 amide bonds.